The first-order valence-corrected chi connectivity index (χ1v) is 19.3. The molecule has 1 saturated carbocycles. The number of piperidine rings is 1. The summed E-state index contributed by atoms with van der Waals surface area (Å²) in [6, 6.07) is 9.65. The lowest BCUT2D eigenvalue weighted by molar-refractivity contribution is -0.141. The third-order valence-corrected chi connectivity index (χ3v) is 11.7. The van der Waals surface area contributed by atoms with Crippen LogP contribution in [0.5, 0.6) is 11.5 Å². The highest BCUT2D eigenvalue weighted by molar-refractivity contribution is 6.05. The molecule has 0 radical (unpaired) electrons. The maximum absolute atomic E-state index is 13.6. The minimum Gasteiger partial charge on any atom is -0.494 e. The van der Waals surface area contributed by atoms with Crippen molar-refractivity contribution < 1.29 is 37.0 Å². The Balaban J connectivity index is 0.897. The van der Waals surface area contributed by atoms with E-state index in [1.54, 1.807) is 36.9 Å². The summed E-state index contributed by atoms with van der Waals surface area (Å²) in [6.07, 6.45) is 1.62. The SMILES string of the molecule is COc1cc2nn([C@H]3CC[C@H](CN4CCN(c5c(OC)ccc6c5n(C)c(=O)n6C5CCC(=O)NC5=O)CC4)CC3)cc2cc1NC(=O)c1cccc(C(F)(F)F)n1. The third-order valence-electron chi connectivity index (χ3n) is 11.7. The number of nitrogens with one attached hydrogen (secondary N) is 2. The molecule has 2 aromatic carbocycles. The maximum Gasteiger partial charge on any atom is 0.433 e. The fourth-order valence-electron chi connectivity index (χ4n) is 8.68. The molecule has 18 heteroatoms. The number of amides is 3. The molecule has 3 amide bonds. The van der Waals surface area contributed by atoms with Gasteiger partial charge in [-0.2, -0.15) is 18.3 Å². The summed E-state index contributed by atoms with van der Waals surface area (Å²) in [6.45, 7) is 4.08. The molecule has 0 bridgehead atoms. The largest absolute Gasteiger partial charge is 0.494 e. The van der Waals surface area contributed by atoms with Crippen molar-refractivity contribution in [2.24, 2.45) is 13.0 Å². The maximum atomic E-state index is 13.6. The van der Waals surface area contributed by atoms with Gasteiger partial charge in [-0.3, -0.25) is 38.4 Å². The highest BCUT2D eigenvalue weighted by atomic mass is 19.4. The zero-order valence-corrected chi connectivity index (χ0v) is 32.3. The molecule has 3 aliphatic rings. The molecule has 1 unspecified atom stereocenters. The van der Waals surface area contributed by atoms with Crippen molar-refractivity contribution in [3.63, 3.8) is 0 Å². The predicted molar refractivity (Wildman–Crippen MR) is 208 cm³/mol. The number of piperazine rings is 1. The summed E-state index contributed by atoms with van der Waals surface area (Å²) in [4.78, 5) is 59.3. The minimum absolute atomic E-state index is 0.169. The van der Waals surface area contributed by atoms with Gasteiger partial charge in [0.25, 0.3) is 5.91 Å². The molecular formula is C40H44F3N9O6. The number of halogens is 3. The average molecular weight is 804 g/mol. The monoisotopic (exact) mass is 803 g/mol. The summed E-state index contributed by atoms with van der Waals surface area (Å²) >= 11 is 0. The van der Waals surface area contributed by atoms with E-state index in [1.807, 2.05) is 16.9 Å². The van der Waals surface area contributed by atoms with Crippen LogP contribution in [0.3, 0.4) is 0 Å². The molecule has 1 aliphatic carbocycles. The third kappa shape index (κ3) is 7.36. The van der Waals surface area contributed by atoms with Gasteiger partial charge in [0.2, 0.25) is 11.8 Å². The van der Waals surface area contributed by atoms with Crippen LogP contribution < -0.4 is 30.7 Å². The van der Waals surface area contributed by atoms with E-state index in [-0.39, 0.29) is 36.2 Å². The number of hydrogen-bond donors (Lipinski definition) is 2. The number of imidazole rings is 1. The molecule has 2 aliphatic heterocycles. The normalized spacial score (nSPS) is 20.7. The Morgan fingerprint density at radius 2 is 1.69 bits per heavy atom. The van der Waals surface area contributed by atoms with Crippen LogP contribution in [-0.4, -0.2) is 93.5 Å². The molecule has 3 aromatic heterocycles. The molecule has 5 heterocycles. The number of hydrogen-bond acceptors (Lipinski definition) is 10. The topological polar surface area (TPSA) is 158 Å². The second-order valence-electron chi connectivity index (χ2n) is 15.2. The van der Waals surface area contributed by atoms with Crippen LogP contribution in [0.2, 0.25) is 0 Å². The molecule has 0 spiro atoms. The molecule has 1 atom stereocenters. The Bertz CT molecular complexity index is 2460. The van der Waals surface area contributed by atoms with Gasteiger partial charge < -0.3 is 19.7 Å². The summed E-state index contributed by atoms with van der Waals surface area (Å²) in [5, 5.41) is 10.6. The number of methoxy groups -OCH3 is 2. The van der Waals surface area contributed by atoms with E-state index < -0.39 is 29.7 Å². The zero-order chi connectivity index (χ0) is 40.9. The van der Waals surface area contributed by atoms with E-state index in [1.165, 1.54) is 17.7 Å². The van der Waals surface area contributed by atoms with E-state index >= 15 is 0 Å². The van der Waals surface area contributed by atoms with Crippen LogP contribution in [0, 0.1) is 5.92 Å². The number of carbonyl (C=O) groups is 3. The van der Waals surface area contributed by atoms with E-state index in [0.717, 1.165) is 81.6 Å². The number of imide groups is 1. The highest BCUT2D eigenvalue weighted by Gasteiger charge is 2.35. The Labute approximate surface area is 330 Å². The zero-order valence-electron chi connectivity index (χ0n) is 32.3. The number of rotatable bonds is 9. The number of nitrogens with zero attached hydrogens (tertiary/aromatic N) is 7. The summed E-state index contributed by atoms with van der Waals surface area (Å²) in [5.74, 6) is -0.110. The van der Waals surface area contributed by atoms with Gasteiger partial charge in [-0.15, -0.1) is 0 Å². The lowest BCUT2D eigenvalue weighted by Gasteiger charge is -2.39. The van der Waals surface area contributed by atoms with E-state index in [0.29, 0.717) is 39.7 Å². The van der Waals surface area contributed by atoms with Gasteiger partial charge in [-0.25, -0.2) is 9.78 Å². The number of alkyl halides is 3. The number of fused-ring (bicyclic) bond motifs is 2. The fourth-order valence-corrected chi connectivity index (χ4v) is 8.68. The number of carbonyl (C=O) groups excluding carboxylic acids is 3. The van der Waals surface area contributed by atoms with Gasteiger partial charge in [0, 0.05) is 63.8 Å². The molecular weight excluding hydrogens is 759 g/mol. The van der Waals surface area contributed by atoms with Crippen molar-refractivity contribution in [2.45, 2.75) is 56.8 Å². The van der Waals surface area contributed by atoms with Crippen LogP contribution in [0.15, 0.2) is 53.5 Å². The first kappa shape index (κ1) is 38.9. The molecule has 8 rings (SSSR count). The van der Waals surface area contributed by atoms with Gasteiger partial charge >= 0.3 is 11.9 Å². The van der Waals surface area contributed by atoms with Crippen molar-refractivity contribution >= 4 is 51.0 Å². The van der Waals surface area contributed by atoms with E-state index in [2.05, 4.69) is 25.4 Å². The lowest BCUT2D eigenvalue weighted by Crippen LogP contribution is -2.48. The first-order valence-electron chi connectivity index (χ1n) is 19.3. The molecule has 2 saturated heterocycles. The number of ether oxygens (including phenoxy) is 2. The minimum atomic E-state index is -4.68. The smallest absolute Gasteiger partial charge is 0.433 e. The first-order chi connectivity index (χ1) is 27.8. The van der Waals surface area contributed by atoms with Crippen LogP contribution in [0.4, 0.5) is 24.5 Å². The highest BCUT2D eigenvalue weighted by Crippen LogP contribution is 2.39. The molecule has 15 nitrogen and oxygen atoms in total. The average Bonchev–Trinajstić information content (AvgIpc) is 3.74. The van der Waals surface area contributed by atoms with Crippen molar-refractivity contribution in [2.75, 3.05) is 57.2 Å². The second kappa shape index (κ2) is 15.4. The number of benzene rings is 2. The second-order valence-corrected chi connectivity index (χ2v) is 15.2. The Kier molecular flexibility index (Phi) is 10.4. The van der Waals surface area contributed by atoms with Gasteiger partial charge in [0.1, 0.15) is 34.6 Å². The number of aryl methyl sites for hydroxylation is 1. The van der Waals surface area contributed by atoms with Crippen molar-refractivity contribution in [3.8, 4) is 11.5 Å². The standard InChI is InChI=1S/C40H44F3N9O6/c1-48-35-29(52(39(48)56)30-12-14-34(53)46-38(30)55)11-13-31(57-2)36(35)50-17-15-49(16-18-50)21-23-7-9-25(10-8-23)51-22-24-19-28(32(58-3)20-27(24)47-51)45-37(54)26-5-4-6-33(44-26)40(41,42)43/h4-6,11,13,19-20,22-23,25,30H,7-10,12,14-18,21H2,1-3H3,(H,45,54)(H,46,53,55)/t23-,25-,30?. The van der Waals surface area contributed by atoms with Crippen LogP contribution >= 0.6 is 0 Å². The molecule has 5 aromatic rings. The van der Waals surface area contributed by atoms with Crippen LogP contribution in [0.25, 0.3) is 21.9 Å². The van der Waals surface area contributed by atoms with Crippen molar-refractivity contribution in [1.82, 2.24) is 34.1 Å². The van der Waals surface area contributed by atoms with Gasteiger partial charge in [0.05, 0.1) is 42.5 Å². The molecule has 3 fully saturated rings. The number of pyridine rings is 1. The molecule has 306 valence electrons. The summed E-state index contributed by atoms with van der Waals surface area (Å²) < 4.78 is 55.9. The Morgan fingerprint density at radius 1 is 0.948 bits per heavy atom. The molecule has 2 N–H and O–H groups in total. The van der Waals surface area contributed by atoms with Gasteiger partial charge in [-0.1, -0.05) is 6.07 Å². The molecule has 58 heavy (non-hydrogen) atoms. The predicted octanol–water partition coefficient (Wildman–Crippen LogP) is 4.90. The Hall–Kier alpha value is -5.91. The number of anilines is 2. The quantitative estimate of drug-likeness (QED) is 0.197. The van der Waals surface area contributed by atoms with Gasteiger partial charge in [-0.05, 0) is 68.4 Å². The van der Waals surface area contributed by atoms with Gasteiger partial charge in [0.15, 0.2) is 0 Å². The van der Waals surface area contributed by atoms with Crippen molar-refractivity contribution in [3.05, 3.63) is 70.5 Å². The van der Waals surface area contributed by atoms with Crippen LogP contribution in [0.1, 0.15) is 66.8 Å². The Morgan fingerprint density at radius 3 is 2.38 bits per heavy atom. The van der Waals surface area contributed by atoms with Crippen molar-refractivity contribution in [1.29, 1.82) is 0 Å². The van der Waals surface area contributed by atoms with E-state index in [4.69, 9.17) is 14.6 Å². The lowest BCUT2D eigenvalue weighted by atomic mass is 9.85. The van der Waals surface area contributed by atoms with E-state index in [9.17, 15) is 32.3 Å². The van der Waals surface area contributed by atoms with Crippen LogP contribution in [-0.2, 0) is 22.8 Å². The number of aromatic nitrogens is 5. The fraction of sp³-hybridized carbons (Fsp3) is 0.450. The summed E-state index contributed by atoms with van der Waals surface area (Å²) in [5.41, 5.74) is 1.27. The summed E-state index contributed by atoms with van der Waals surface area (Å²) in [7, 11) is 4.76.